The maximum absolute atomic E-state index is 11.8. The van der Waals surface area contributed by atoms with Gasteiger partial charge in [-0.3, -0.25) is 10.2 Å². The van der Waals surface area contributed by atoms with Crippen molar-refractivity contribution in [2.24, 2.45) is 0 Å². The zero-order chi connectivity index (χ0) is 18.0. The Morgan fingerprint density at radius 2 is 1.67 bits per heavy atom. The van der Waals surface area contributed by atoms with Gasteiger partial charge in [0, 0.05) is 12.2 Å². The summed E-state index contributed by atoms with van der Waals surface area (Å²) < 4.78 is 11.0. The number of halogens is 1. The number of benzene rings is 2. The van der Waals surface area contributed by atoms with E-state index in [0.29, 0.717) is 12.3 Å². The largest absolute Gasteiger partial charge is 0.492 e. The topological polar surface area (TPSA) is 50.8 Å². The third kappa shape index (κ3) is 7.49. The van der Waals surface area contributed by atoms with Crippen molar-refractivity contribution in [2.75, 3.05) is 31.6 Å². The predicted octanol–water partition coefficient (Wildman–Crippen LogP) is 4.72. The monoisotopic (exact) mass is 390 g/mol. The minimum absolute atomic E-state index is 0. The van der Waals surface area contributed by atoms with E-state index in [-0.39, 0.29) is 19.0 Å². The number of nitrogens with zero attached hydrogens (tertiary/aromatic N) is 1. The number of nitrogens with one attached hydrogen (secondary N) is 1. The number of piperidine rings is 1. The van der Waals surface area contributed by atoms with Gasteiger partial charge in [0.05, 0.1) is 0 Å². The molecule has 0 radical (unpaired) electrons. The van der Waals surface area contributed by atoms with Crippen LogP contribution in [0.15, 0.2) is 54.6 Å². The molecule has 1 aliphatic heterocycles. The van der Waals surface area contributed by atoms with E-state index in [4.69, 9.17) is 9.47 Å². The number of carbonyl (C=O) groups excluding carboxylic acids is 1. The molecule has 1 N–H and O–H groups in total. The van der Waals surface area contributed by atoms with Crippen LogP contribution >= 0.6 is 12.4 Å². The van der Waals surface area contributed by atoms with Crippen LogP contribution in [0.4, 0.5) is 10.5 Å². The number of likely N-dealkylation sites (tertiary alicyclic amines) is 1. The van der Waals surface area contributed by atoms with Gasteiger partial charge >= 0.3 is 6.09 Å². The maximum Gasteiger partial charge on any atom is 0.411 e. The Bertz CT molecular complexity index is 674. The Kier molecular flexibility index (Phi) is 8.95. The van der Waals surface area contributed by atoms with Crippen LogP contribution in [0.5, 0.6) is 5.75 Å². The van der Waals surface area contributed by atoms with E-state index >= 15 is 0 Å². The quantitative estimate of drug-likeness (QED) is 0.743. The van der Waals surface area contributed by atoms with Crippen LogP contribution in [-0.4, -0.2) is 37.2 Å². The summed E-state index contributed by atoms with van der Waals surface area (Å²) in [5, 5.41) is 2.72. The van der Waals surface area contributed by atoms with Crippen molar-refractivity contribution in [3.63, 3.8) is 0 Å². The minimum atomic E-state index is -0.465. The minimum Gasteiger partial charge on any atom is -0.492 e. The van der Waals surface area contributed by atoms with E-state index in [0.717, 1.165) is 17.9 Å². The molecular formula is C21H27ClN2O3. The standard InChI is InChI=1S/C21H26N2O3.ClH/c24-21(26-17-18-7-3-1-4-8-18)22-19-9-11-20(12-10-19)25-16-15-23-13-5-2-6-14-23;/h1,3-4,7-12H,2,5-6,13-17H2,(H,22,24);1H. The van der Waals surface area contributed by atoms with Crippen molar-refractivity contribution < 1.29 is 14.3 Å². The van der Waals surface area contributed by atoms with Crippen molar-refractivity contribution in [1.82, 2.24) is 4.90 Å². The number of hydrogen-bond donors (Lipinski definition) is 1. The Morgan fingerprint density at radius 1 is 0.963 bits per heavy atom. The van der Waals surface area contributed by atoms with Gasteiger partial charge in [-0.15, -0.1) is 12.4 Å². The van der Waals surface area contributed by atoms with Gasteiger partial charge in [0.25, 0.3) is 0 Å². The second kappa shape index (κ2) is 11.5. The van der Waals surface area contributed by atoms with Crippen LogP contribution in [0.25, 0.3) is 0 Å². The number of ether oxygens (including phenoxy) is 2. The first-order chi connectivity index (χ1) is 12.8. The van der Waals surface area contributed by atoms with Gasteiger partial charge in [-0.1, -0.05) is 36.8 Å². The van der Waals surface area contributed by atoms with E-state index in [1.807, 2.05) is 54.6 Å². The molecule has 0 unspecified atom stereocenters. The lowest BCUT2D eigenvalue weighted by Gasteiger charge is -2.26. The Labute approximate surface area is 167 Å². The van der Waals surface area contributed by atoms with Crippen molar-refractivity contribution >= 4 is 24.2 Å². The second-order valence-corrected chi connectivity index (χ2v) is 6.46. The zero-order valence-corrected chi connectivity index (χ0v) is 16.2. The third-order valence-electron chi connectivity index (χ3n) is 4.44. The molecule has 2 aromatic carbocycles. The molecule has 2 aromatic rings. The fourth-order valence-electron chi connectivity index (χ4n) is 2.99. The molecule has 0 aromatic heterocycles. The zero-order valence-electron chi connectivity index (χ0n) is 15.4. The van der Waals surface area contributed by atoms with Crippen LogP contribution in [0.3, 0.4) is 0 Å². The Hall–Kier alpha value is -2.24. The molecule has 146 valence electrons. The van der Waals surface area contributed by atoms with Crippen LogP contribution < -0.4 is 10.1 Å². The molecule has 27 heavy (non-hydrogen) atoms. The summed E-state index contributed by atoms with van der Waals surface area (Å²) in [4.78, 5) is 14.3. The number of amides is 1. The lowest BCUT2D eigenvalue weighted by atomic mass is 10.1. The van der Waals surface area contributed by atoms with E-state index in [1.165, 1.54) is 32.4 Å². The molecule has 6 heteroatoms. The number of rotatable bonds is 7. The number of anilines is 1. The summed E-state index contributed by atoms with van der Waals surface area (Å²) in [6.45, 7) is 4.26. The second-order valence-electron chi connectivity index (χ2n) is 6.46. The van der Waals surface area contributed by atoms with E-state index in [9.17, 15) is 4.79 Å². The molecule has 0 spiro atoms. The van der Waals surface area contributed by atoms with E-state index < -0.39 is 6.09 Å². The molecule has 1 saturated heterocycles. The van der Waals surface area contributed by atoms with Crippen LogP contribution in [0, 0.1) is 0 Å². The summed E-state index contributed by atoms with van der Waals surface area (Å²) >= 11 is 0. The van der Waals surface area contributed by atoms with E-state index in [1.54, 1.807) is 0 Å². The Morgan fingerprint density at radius 3 is 2.37 bits per heavy atom. The van der Waals surface area contributed by atoms with Crippen molar-refractivity contribution in [3.05, 3.63) is 60.2 Å². The van der Waals surface area contributed by atoms with Gasteiger partial charge in [-0.2, -0.15) is 0 Å². The van der Waals surface area contributed by atoms with Gasteiger partial charge in [0.1, 0.15) is 19.0 Å². The highest BCUT2D eigenvalue weighted by Gasteiger charge is 2.09. The predicted molar refractivity (Wildman–Crippen MR) is 110 cm³/mol. The van der Waals surface area contributed by atoms with Crippen LogP contribution in [0.1, 0.15) is 24.8 Å². The molecule has 0 saturated carbocycles. The van der Waals surface area contributed by atoms with Gasteiger partial charge in [0.15, 0.2) is 0 Å². The van der Waals surface area contributed by atoms with Crippen LogP contribution in [0.2, 0.25) is 0 Å². The van der Waals surface area contributed by atoms with Gasteiger partial charge in [-0.25, -0.2) is 4.79 Å². The summed E-state index contributed by atoms with van der Waals surface area (Å²) in [6, 6.07) is 17.0. The molecule has 1 amide bonds. The molecule has 1 fully saturated rings. The fraction of sp³-hybridized carbons (Fsp3) is 0.381. The van der Waals surface area contributed by atoms with Crippen molar-refractivity contribution in [2.45, 2.75) is 25.9 Å². The highest BCUT2D eigenvalue weighted by molar-refractivity contribution is 5.85. The molecule has 5 nitrogen and oxygen atoms in total. The first kappa shape index (κ1) is 21.1. The lowest BCUT2D eigenvalue weighted by Crippen LogP contribution is -2.33. The molecule has 0 atom stereocenters. The average molecular weight is 391 g/mol. The third-order valence-corrected chi connectivity index (χ3v) is 4.44. The Balaban J connectivity index is 0.00000261. The summed E-state index contributed by atoms with van der Waals surface area (Å²) in [5.41, 5.74) is 1.64. The van der Waals surface area contributed by atoms with Crippen molar-refractivity contribution in [3.8, 4) is 5.75 Å². The first-order valence-electron chi connectivity index (χ1n) is 9.22. The molecule has 3 rings (SSSR count). The molecule has 1 heterocycles. The number of carbonyl (C=O) groups is 1. The first-order valence-corrected chi connectivity index (χ1v) is 9.22. The smallest absolute Gasteiger partial charge is 0.411 e. The maximum atomic E-state index is 11.8. The van der Waals surface area contributed by atoms with Crippen LogP contribution in [-0.2, 0) is 11.3 Å². The molecular weight excluding hydrogens is 364 g/mol. The van der Waals surface area contributed by atoms with Gasteiger partial charge < -0.3 is 9.47 Å². The molecule has 1 aliphatic rings. The lowest BCUT2D eigenvalue weighted by molar-refractivity contribution is 0.155. The molecule has 0 aliphatic carbocycles. The summed E-state index contributed by atoms with van der Waals surface area (Å²) in [7, 11) is 0. The summed E-state index contributed by atoms with van der Waals surface area (Å²) in [5.74, 6) is 0.810. The highest BCUT2D eigenvalue weighted by atomic mass is 35.5. The van der Waals surface area contributed by atoms with Gasteiger partial charge in [0.2, 0.25) is 0 Å². The number of hydrogen-bond acceptors (Lipinski definition) is 4. The van der Waals surface area contributed by atoms with Crippen molar-refractivity contribution in [1.29, 1.82) is 0 Å². The highest BCUT2D eigenvalue weighted by Crippen LogP contribution is 2.16. The summed E-state index contributed by atoms with van der Waals surface area (Å²) in [6.07, 6.45) is 3.47. The SMILES string of the molecule is Cl.O=C(Nc1ccc(OCCN2CCCCC2)cc1)OCc1ccccc1. The average Bonchev–Trinajstić information content (AvgIpc) is 2.69. The van der Waals surface area contributed by atoms with E-state index in [2.05, 4.69) is 10.2 Å². The fourth-order valence-corrected chi connectivity index (χ4v) is 2.99. The molecule has 0 bridgehead atoms. The van der Waals surface area contributed by atoms with Gasteiger partial charge in [-0.05, 0) is 55.8 Å². The normalized spacial score (nSPS) is 14.1.